The van der Waals surface area contributed by atoms with Crippen molar-refractivity contribution in [1.29, 1.82) is 0 Å². The average Bonchev–Trinajstić information content (AvgIpc) is 2.45. The molecule has 0 saturated heterocycles. The fourth-order valence-corrected chi connectivity index (χ4v) is 2.36. The Morgan fingerprint density at radius 1 is 1.19 bits per heavy atom. The van der Waals surface area contributed by atoms with Crippen LogP contribution >= 0.6 is 23.2 Å². The van der Waals surface area contributed by atoms with Gasteiger partial charge in [-0.15, -0.1) is 0 Å². The minimum Gasteiger partial charge on any atom is -0.323 e. The predicted molar refractivity (Wildman–Crippen MR) is 88.0 cm³/mol. The van der Waals surface area contributed by atoms with Gasteiger partial charge >= 0.3 is 0 Å². The molecule has 21 heavy (non-hydrogen) atoms. The molecule has 3 nitrogen and oxygen atoms in total. The normalized spacial score (nSPS) is 12.0. The molecule has 5 heteroatoms. The van der Waals surface area contributed by atoms with E-state index in [1.165, 1.54) is 0 Å². The van der Waals surface area contributed by atoms with Crippen molar-refractivity contribution in [2.45, 2.75) is 19.4 Å². The third kappa shape index (κ3) is 4.21. The molecule has 1 atom stereocenters. The van der Waals surface area contributed by atoms with Gasteiger partial charge in [0.05, 0.1) is 16.8 Å². The number of amides is 1. The summed E-state index contributed by atoms with van der Waals surface area (Å²) in [6.45, 7) is 1.85. The summed E-state index contributed by atoms with van der Waals surface area (Å²) in [6, 6.07) is 12.3. The summed E-state index contributed by atoms with van der Waals surface area (Å²) in [5.41, 5.74) is 8.26. The van der Waals surface area contributed by atoms with Crippen LogP contribution in [0.2, 0.25) is 10.0 Å². The van der Waals surface area contributed by atoms with E-state index in [-0.39, 0.29) is 5.91 Å². The van der Waals surface area contributed by atoms with Gasteiger partial charge in [0.15, 0.2) is 0 Å². The summed E-state index contributed by atoms with van der Waals surface area (Å²) >= 11 is 12.1. The van der Waals surface area contributed by atoms with Crippen LogP contribution in [0.1, 0.15) is 11.1 Å². The second-order valence-corrected chi connectivity index (χ2v) is 5.68. The number of nitrogens with one attached hydrogen (secondary N) is 1. The fraction of sp³-hybridized carbons (Fsp3) is 0.188. The molecule has 2 aromatic rings. The first-order valence-corrected chi connectivity index (χ1v) is 7.29. The smallest absolute Gasteiger partial charge is 0.241 e. The van der Waals surface area contributed by atoms with Crippen LogP contribution in [0, 0.1) is 6.92 Å². The van der Waals surface area contributed by atoms with Crippen molar-refractivity contribution in [2.75, 3.05) is 5.32 Å². The summed E-state index contributed by atoms with van der Waals surface area (Å²) in [6.07, 6.45) is 0.462. The molecule has 0 heterocycles. The first-order chi connectivity index (χ1) is 9.97. The number of halogens is 2. The van der Waals surface area contributed by atoms with E-state index in [2.05, 4.69) is 5.32 Å². The van der Waals surface area contributed by atoms with Crippen molar-refractivity contribution in [1.82, 2.24) is 0 Å². The van der Waals surface area contributed by atoms with Crippen molar-refractivity contribution in [3.05, 3.63) is 63.6 Å². The number of hydrogen-bond acceptors (Lipinski definition) is 2. The summed E-state index contributed by atoms with van der Waals surface area (Å²) in [5, 5.41) is 3.71. The highest BCUT2D eigenvalue weighted by molar-refractivity contribution is 6.36. The SMILES string of the molecule is Cc1cc(Cl)c(NC(=O)[C@H](N)Cc2ccccc2)cc1Cl. The molecule has 0 aliphatic carbocycles. The first kappa shape index (κ1) is 15.8. The lowest BCUT2D eigenvalue weighted by atomic mass is 10.1. The molecule has 0 unspecified atom stereocenters. The zero-order valence-electron chi connectivity index (χ0n) is 11.6. The van der Waals surface area contributed by atoms with Gasteiger partial charge in [0.2, 0.25) is 5.91 Å². The van der Waals surface area contributed by atoms with Gasteiger partial charge in [0, 0.05) is 5.02 Å². The third-order valence-corrected chi connectivity index (χ3v) is 3.86. The van der Waals surface area contributed by atoms with Crippen molar-refractivity contribution >= 4 is 34.8 Å². The minimum atomic E-state index is -0.649. The van der Waals surface area contributed by atoms with Crippen LogP contribution in [-0.2, 0) is 11.2 Å². The number of carbonyl (C=O) groups excluding carboxylic acids is 1. The Labute approximate surface area is 134 Å². The van der Waals surface area contributed by atoms with E-state index in [4.69, 9.17) is 28.9 Å². The van der Waals surface area contributed by atoms with Gasteiger partial charge in [-0.1, -0.05) is 53.5 Å². The molecule has 0 radical (unpaired) electrons. The van der Waals surface area contributed by atoms with Crippen LogP contribution in [0.3, 0.4) is 0 Å². The molecule has 1 amide bonds. The average molecular weight is 323 g/mol. The molecule has 2 rings (SSSR count). The number of rotatable bonds is 4. The third-order valence-electron chi connectivity index (χ3n) is 3.14. The molecule has 3 N–H and O–H groups in total. The van der Waals surface area contributed by atoms with Crippen LogP contribution < -0.4 is 11.1 Å². The summed E-state index contributed by atoms with van der Waals surface area (Å²) in [4.78, 5) is 12.1. The Hall–Kier alpha value is -1.55. The molecular formula is C16H16Cl2N2O. The lowest BCUT2D eigenvalue weighted by Gasteiger charge is -2.14. The van der Waals surface area contributed by atoms with E-state index in [0.717, 1.165) is 11.1 Å². The number of carbonyl (C=O) groups is 1. The van der Waals surface area contributed by atoms with E-state index >= 15 is 0 Å². The Balaban J connectivity index is 2.06. The van der Waals surface area contributed by atoms with Crippen LogP contribution in [0.5, 0.6) is 0 Å². The van der Waals surface area contributed by atoms with E-state index in [1.54, 1.807) is 12.1 Å². The lowest BCUT2D eigenvalue weighted by Crippen LogP contribution is -2.37. The Morgan fingerprint density at radius 3 is 2.52 bits per heavy atom. The predicted octanol–water partition coefficient (Wildman–Crippen LogP) is 3.81. The van der Waals surface area contributed by atoms with Gasteiger partial charge in [-0.05, 0) is 36.6 Å². The Kier molecular flexibility index (Phi) is 5.23. The van der Waals surface area contributed by atoms with Gasteiger partial charge < -0.3 is 11.1 Å². The molecule has 0 aromatic heterocycles. The maximum atomic E-state index is 12.1. The number of nitrogens with two attached hydrogens (primary N) is 1. The monoisotopic (exact) mass is 322 g/mol. The van der Waals surface area contributed by atoms with Crippen LogP contribution in [0.15, 0.2) is 42.5 Å². The molecule has 2 aromatic carbocycles. The standard InChI is InChI=1S/C16H16Cl2N2O/c1-10-7-13(18)15(9-12(10)17)20-16(21)14(19)8-11-5-3-2-4-6-11/h2-7,9,14H,8,19H2,1H3,(H,20,21)/t14-/m1/s1. The van der Waals surface area contributed by atoms with E-state index in [1.807, 2.05) is 37.3 Å². The summed E-state index contributed by atoms with van der Waals surface area (Å²) < 4.78 is 0. The minimum absolute atomic E-state index is 0.291. The first-order valence-electron chi connectivity index (χ1n) is 6.53. The van der Waals surface area contributed by atoms with E-state index in [9.17, 15) is 4.79 Å². The number of hydrogen-bond donors (Lipinski definition) is 2. The second-order valence-electron chi connectivity index (χ2n) is 4.87. The van der Waals surface area contributed by atoms with Crippen molar-refractivity contribution in [2.24, 2.45) is 5.73 Å². The Bertz CT molecular complexity index is 644. The molecule has 0 fully saturated rings. The number of anilines is 1. The van der Waals surface area contributed by atoms with Gasteiger partial charge in [-0.3, -0.25) is 4.79 Å². The van der Waals surface area contributed by atoms with Gasteiger partial charge in [0.1, 0.15) is 0 Å². The molecule has 0 saturated carbocycles. The van der Waals surface area contributed by atoms with Gasteiger partial charge in [-0.2, -0.15) is 0 Å². The fourth-order valence-electron chi connectivity index (χ4n) is 1.93. The largest absolute Gasteiger partial charge is 0.323 e. The second kappa shape index (κ2) is 6.94. The van der Waals surface area contributed by atoms with Crippen molar-refractivity contribution in [3.8, 4) is 0 Å². The molecule has 0 spiro atoms. The van der Waals surface area contributed by atoms with Crippen LogP contribution in [-0.4, -0.2) is 11.9 Å². The molecule has 110 valence electrons. The molecule has 0 aliphatic heterocycles. The molecule has 0 bridgehead atoms. The Morgan fingerprint density at radius 2 is 1.86 bits per heavy atom. The summed E-state index contributed by atoms with van der Waals surface area (Å²) in [7, 11) is 0. The van der Waals surface area contributed by atoms with Crippen molar-refractivity contribution < 1.29 is 4.79 Å². The van der Waals surface area contributed by atoms with Crippen LogP contribution in [0.4, 0.5) is 5.69 Å². The van der Waals surface area contributed by atoms with Crippen LogP contribution in [0.25, 0.3) is 0 Å². The highest BCUT2D eigenvalue weighted by atomic mass is 35.5. The zero-order chi connectivity index (χ0) is 15.4. The highest BCUT2D eigenvalue weighted by Crippen LogP contribution is 2.28. The highest BCUT2D eigenvalue weighted by Gasteiger charge is 2.16. The molecular weight excluding hydrogens is 307 g/mol. The number of benzene rings is 2. The number of aryl methyl sites for hydroxylation is 1. The van der Waals surface area contributed by atoms with E-state index < -0.39 is 6.04 Å². The maximum Gasteiger partial charge on any atom is 0.241 e. The quantitative estimate of drug-likeness (QED) is 0.899. The van der Waals surface area contributed by atoms with Crippen molar-refractivity contribution in [3.63, 3.8) is 0 Å². The maximum absolute atomic E-state index is 12.1. The zero-order valence-corrected chi connectivity index (χ0v) is 13.1. The molecule has 0 aliphatic rings. The van der Waals surface area contributed by atoms with Gasteiger partial charge in [0.25, 0.3) is 0 Å². The van der Waals surface area contributed by atoms with E-state index in [0.29, 0.717) is 22.2 Å². The lowest BCUT2D eigenvalue weighted by molar-refractivity contribution is -0.117. The summed E-state index contributed by atoms with van der Waals surface area (Å²) in [5.74, 6) is -0.291. The van der Waals surface area contributed by atoms with Gasteiger partial charge in [-0.25, -0.2) is 0 Å². The topological polar surface area (TPSA) is 55.1 Å².